The molecule has 92 valence electrons. The molecule has 0 aliphatic carbocycles. The van der Waals surface area contributed by atoms with E-state index in [2.05, 4.69) is 0 Å². The Hall–Kier alpha value is -2.16. The second kappa shape index (κ2) is 5.00. The highest BCUT2D eigenvalue weighted by atomic mass is 19.1. The molecule has 0 N–H and O–H groups in total. The fraction of sp³-hybridized carbons (Fsp3) is 0.133. The van der Waals surface area contributed by atoms with E-state index in [1.807, 2.05) is 0 Å². The van der Waals surface area contributed by atoms with E-state index in [1.54, 1.807) is 37.4 Å². The Morgan fingerprint density at radius 3 is 2.61 bits per heavy atom. The molecule has 0 unspecified atom stereocenters. The lowest BCUT2D eigenvalue weighted by molar-refractivity contribution is 0.101. The van der Waals surface area contributed by atoms with Crippen LogP contribution >= 0.6 is 0 Å². The van der Waals surface area contributed by atoms with Crippen LogP contribution in [0.25, 0.3) is 11.1 Å². The number of Topliss-reactive ketones (excluding diaryl/α,β-unsaturated/α-hetero) is 1. The first kappa shape index (κ1) is 12.3. The zero-order valence-electron chi connectivity index (χ0n) is 10.2. The summed E-state index contributed by atoms with van der Waals surface area (Å²) < 4.78 is 18.9. The Morgan fingerprint density at radius 1 is 1.17 bits per heavy atom. The largest absolute Gasteiger partial charge is 0.497 e. The fourth-order valence-corrected chi connectivity index (χ4v) is 1.76. The van der Waals surface area contributed by atoms with Crippen LogP contribution < -0.4 is 4.74 Å². The number of hydrogen-bond donors (Lipinski definition) is 0. The quantitative estimate of drug-likeness (QED) is 0.769. The zero-order valence-corrected chi connectivity index (χ0v) is 10.2. The molecule has 0 spiro atoms. The van der Waals surface area contributed by atoms with Crippen molar-refractivity contribution in [2.75, 3.05) is 7.11 Å². The van der Waals surface area contributed by atoms with Gasteiger partial charge in [-0.3, -0.25) is 4.79 Å². The van der Waals surface area contributed by atoms with E-state index in [0.29, 0.717) is 22.4 Å². The van der Waals surface area contributed by atoms with Crippen LogP contribution in [-0.4, -0.2) is 12.9 Å². The molecule has 2 aromatic carbocycles. The van der Waals surface area contributed by atoms with E-state index in [1.165, 1.54) is 19.1 Å². The Morgan fingerprint density at radius 2 is 1.94 bits per heavy atom. The minimum atomic E-state index is -0.353. The molecule has 0 aliphatic heterocycles. The molecule has 0 saturated heterocycles. The van der Waals surface area contributed by atoms with Crippen molar-refractivity contribution in [2.24, 2.45) is 0 Å². The summed E-state index contributed by atoms with van der Waals surface area (Å²) in [7, 11) is 1.56. The standard InChI is InChI=1S/C15H13FO2/c1-10(17)11-6-7-15(16)14(9-11)12-4-3-5-13(8-12)18-2/h3-9H,1-2H3. The van der Waals surface area contributed by atoms with E-state index >= 15 is 0 Å². The molecule has 3 heteroatoms. The molecule has 0 atom stereocenters. The molecule has 2 aromatic rings. The zero-order chi connectivity index (χ0) is 13.1. The number of methoxy groups -OCH3 is 1. The van der Waals surface area contributed by atoms with Crippen LogP contribution in [0, 0.1) is 5.82 Å². The molecule has 0 amide bonds. The highest BCUT2D eigenvalue weighted by Gasteiger charge is 2.09. The minimum absolute atomic E-state index is 0.0841. The number of ketones is 1. The Labute approximate surface area is 105 Å². The van der Waals surface area contributed by atoms with Crippen LogP contribution in [0.15, 0.2) is 42.5 Å². The summed E-state index contributed by atoms with van der Waals surface area (Å²) >= 11 is 0. The number of halogens is 1. The van der Waals surface area contributed by atoms with Gasteiger partial charge in [-0.2, -0.15) is 0 Å². The molecule has 0 radical (unpaired) electrons. The van der Waals surface area contributed by atoms with Gasteiger partial charge in [0.1, 0.15) is 11.6 Å². The van der Waals surface area contributed by atoms with E-state index in [4.69, 9.17) is 4.74 Å². The van der Waals surface area contributed by atoms with Crippen molar-refractivity contribution in [1.29, 1.82) is 0 Å². The van der Waals surface area contributed by atoms with Gasteiger partial charge in [0.25, 0.3) is 0 Å². The van der Waals surface area contributed by atoms with Crippen molar-refractivity contribution < 1.29 is 13.9 Å². The van der Waals surface area contributed by atoms with Crippen molar-refractivity contribution in [3.8, 4) is 16.9 Å². The van der Waals surface area contributed by atoms with Gasteiger partial charge in [0, 0.05) is 11.1 Å². The lowest BCUT2D eigenvalue weighted by Crippen LogP contribution is -1.94. The number of carbonyl (C=O) groups excluding carboxylic acids is 1. The summed E-state index contributed by atoms with van der Waals surface area (Å²) in [6.07, 6.45) is 0. The average Bonchev–Trinajstić information content (AvgIpc) is 2.39. The van der Waals surface area contributed by atoms with Gasteiger partial charge in [0.05, 0.1) is 7.11 Å². The number of carbonyl (C=O) groups is 1. The molecule has 0 heterocycles. The monoisotopic (exact) mass is 244 g/mol. The molecule has 0 aliphatic rings. The molecule has 2 rings (SSSR count). The predicted octanol–water partition coefficient (Wildman–Crippen LogP) is 3.70. The van der Waals surface area contributed by atoms with Gasteiger partial charge in [0.15, 0.2) is 5.78 Å². The average molecular weight is 244 g/mol. The first-order chi connectivity index (χ1) is 8.61. The maximum absolute atomic E-state index is 13.8. The first-order valence-corrected chi connectivity index (χ1v) is 5.56. The Balaban J connectivity index is 2.54. The normalized spacial score (nSPS) is 10.2. The maximum Gasteiger partial charge on any atom is 0.159 e. The van der Waals surface area contributed by atoms with Gasteiger partial charge in [-0.05, 0) is 42.8 Å². The number of hydrogen-bond acceptors (Lipinski definition) is 2. The van der Waals surface area contributed by atoms with Gasteiger partial charge >= 0.3 is 0 Å². The van der Waals surface area contributed by atoms with Gasteiger partial charge in [-0.25, -0.2) is 4.39 Å². The summed E-state index contributed by atoms with van der Waals surface area (Å²) in [6.45, 7) is 1.46. The predicted molar refractivity (Wildman–Crippen MR) is 68.4 cm³/mol. The highest BCUT2D eigenvalue weighted by Crippen LogP contribution is 2.27. The maximum atomic E-state index is 13.8. The van der Waals surface area contributed by atoms with Gasteiger partial charge < -0.3 is 4.74 Å². The smallest absolute Gasteiger partial charge is 0.159 e. The van der Waals surface area contributed by atoms with Crippen molar-refractivity contribution in [3.63, 3.8) is 0 Å². The van der Waals surface area contributed by atoms with E-state index in [9.17, 15) is 9.18 Å². The SMILES string of the molecule is COc1cccc(-c2cc(C(C)=O)ccc2F)c1. The third-order valence-corrected chi connectivity index (χ3v) is 2.75. The van der Waals surface area contributed by atoms with Crippen LogP contribution in [0.5, 0.6) is 5.75 Å². The van der Waals surface area contributed by atoms with Crippen molar-refractivity contribution in [2.45, 2.75) is 6.92 Å². The molecular weight excluding hydrogens is 231 g/mol. The lowest BCUT2D eigenvalue weighted by atomic mass is 10.0. The van der Waals surface area contributed by atoms with Gasteiger partial charge in [-0.15, -0.1) is 0 Å². The fourth-order valence-electron chi connectivity index (χ4n) is 1.76. The topological polar surface area (TPSA) is 26.3 Å². The third-order valence-electron chi connectivity index (χ3n) is 2.75. The molecule has 0 saturated carbocycles. The lowest BCUT2D eigenvalue weighted by Gasteiger charge is -2.07. The molecule has 0 fully saturated rings. The molecular formula is C15H13FO2. The molecule has 18 heavy (non-hydrogen) atoms. The van der Waals surface area contributed by atoms with Crippen LogP contribution in [0.2, 0.25) is 0 Å². The van der Waals surface area contributed by atoms with E-state index < -0.39 is 0 Å². The van der Waals surface area contributed by atoms with Crippen LogP contribution in [0.1, 0.15) is 17.3 Å². The number of rotatable bonds is 3. The van der Waals surface area contributed by atoms with Crippen molar-refractivity contribution in [1.82, 2.24) is 0 Å². The summed E-state index contributed by atoms with van der Waals surface area (Å²) in [5.74, 6) is 0.215. The van der Waals surface area contributed by atoms with Gasteiger partial charge in [-0.1, -0.05) is 12.1 Å². The third kappa shape index (κ3) is 2.40. The Bertz CT molecular complexity index is 591. The number of ether oxygens (including phenoxy) is 1. The molecule has 0 bridgehead atoms. The Kier molecular flexibility index (Phi) is 3.42. The highest BCUT2D eigenvalue weighted by molar-refractivity contribution is 5.95. The van der Waals surface area contributed by atoms with E-state index in [0.717, 1.165) is 0 Å². The molecule has 2 nitrogen and oxygen atoms in total. The summed E-state index contributed by atoms with van der Waals surface area (Å²) in [5, 5.41) is 0. The van der Waals surface area contributed by atoms with Crippen LogP contribution in [-0.2, 0) is 0 Å². The first-order valence-electron chi connectivity index (χ1n) is 5.56. The van der Waals surface area contributed by atoms with Crippen molar-refractivity contribution >= 4 is 5.78 Å². The van der Waals surface area contributed by atoms with Crippen LogP contribution in [0.3, 0.4) is 0 Å². The summed E-state index contributed by atoms with van der Waals surface area (Å²) in [6, 6.07) is 11.5. The van der Waals surface area contributed by atoms with Crippen LogP contribution in [0.4, 0.5) is 4.39 Å². The number of benzene rings is 2. The second-order valence-electron chi connectivity index (χ2n) is 3.98. The minimum Gasteiger partial charge on any atom is -0.497 e. The summed E-state index contributed by atoms with van der Waals surface area (Å²) in [4.78, 5) is 11.3. The van der Waals surface area contributed by atoms with Crippen molar-refractivity contribution in [3.05, 3.63) is 53.8 Å². The molecule has 0 aromatic heterocycles. The summed E-state index contributed by atoms with van der Waals surface area (Å²) in [5.41, 5.74) is 1.59. The second-order valence-corrected chi connectivity index (χ2v) is 3.98. The van der Waals surface area contributed by atoms with Gasteiger partial charge in [0.2, 0.25) is 0 Å². The van der Waals surface area contributed by atoms with E-state index in [-0.39, 0.29) is 11.6 Å².